The average molecular weight is 396 g/mol. The van der Waals surface area contributed by atoms with Crippen molar-refractivity contribution in [3.8, 4) is 0 Å². The second kappa shape index (κ2) is 9.05. The number of benzene rings is 2. The van der Waals surface area contributed by atoms with Crippen LogP contribution in [0.5, 0.6) is 0 Å². The van der Waals surface area contributed by atoms with Crippen LogP contribution in [0.1, 0.15) is 0 Å². The van der Waals surface area contributed by atoms with E-state index in [4.69, 9.17) is 0 Å². The number of nitrogens with zero attached hydrogens (tertiary/aromatic N) is 1. The molecule has 1 amide bonds. The van der Waals surface area contributed by atoms with Crippen molar-refractivity contribution >= 4 is 27.3 Å². The van der Waals surface area contributed by atoms with Gasteiger partial charge in [0.2, 0.25) is 15.9 Å². The summed E-state index contributed by atoms with van der Waals surface area (Å²) >= 11 is 0. The summed E-state index contributed by atoms with van der Waals surface area (Å²) in [6, 6.07) is 10.9. The van der Waals surface area contributed by atoms with Gasteiger partial charge in [-0.25, -0.2) is 17.5 Å². The number of anilines is 1. The third kappa shape index (κ3) is 5.72. The van der Waals surface area contributed by atoms with Crippen molar-refractivity contribution in [2.45, 2.75) is 4.90 Å². The van der Waals surface area contributed by atoms with Crippen LogP contribution in [0.25, 0.3) is 0 Å². The lowest BCUT2D eigenvalue weighted by Crippen LogP contribution is -2.38. The Morgan fingerprint density at radius 2 is 1.74 bits per heavy atom. The van der Waals surface area contributed by atoms with Gasteiger partial charge in [-0.05, 0) is 18.2 Å². The third-order valence-corrected chi connectivity index (χ3v) is 4.85. The van der Waals surface area contributed by atoms with Gasteiger partial charge >= 0.3 is 0 Å². The Morgan fingerprint density at radius 1 is 1.07 bits per heavy atom. The van der Waals surface area contributed by atoms with E-state index >= 15 is 0 Å². The standard InChI is InChI=1S/C16H17FN4O5S/c17-12-5-1-4-8-15(12)27(25,26)20-11-16(22)19-10-9-18-13-6-2-3-7-14(13)21(23)24/h1-8,18,20H,9-11H2,(H,19,22). The maximum Gasteiger partial charge on any atom is 0.292 e. The zero-order valence-corrected chi connectivity index (χ0v) is 14.8. The summed E-state index contributed by atoms with van der Waals surface area (Å²) < 4.78 is 39.5. The first-order valence-corrected chi connectivity index (χ1v) is 9.28. The molecule has 0 radical (unpaired) electrons. The van der Waals surface area contributed by atoms with Crippen LogP contribution in [0, 0.1) is 15.9 Å². The molecule has 0 fully saturated rings. The fourth-order valence-electron chi connectivity index (χ4n) is 2.14. The van der Waals surface area contributed by atoms with Crippen molar-refractivity contribution in [2.24, 2.45) is 0 Å². The normalized spacial score (nSPS) is 11.0. The van der Waals surface area contributed by atoms with Crippen molar-refractivity contribution in [3.05, 3.63) is 64.5 Å². The Bertz CT molecular complexity index is 936. The number of hydrogen-bond donors (Lipinski definition) is 3. The number of halogens is 1. The molecule has 11 heteroatoms. The molecule has 0 aromatic heterocycles. The first kappa shape index (κ1) is 20.3. The van der Waals surface area contributed by atoms with E-state index in [0.29, 0.717) is 5.69 Å². The minimum atomic E-state index is -4.15. The van der Waals surface area contributed by atoms with Crippen LogP contribution < -0.4 is 15.4 Å². The number of rotatable bonds is 9. The highest BCUT2D eigenvalue weighted by atomic mass is 32.2. The van der Waals surface area contributed by atoms with Crippen molar-refractivity contribution in [1.82, 2.24) is 10.0 Å². The molecular formula is C16H17FN4O5S. The van der Waals surface area contributed by atoms with Crippen LogP contribution in [-0.4, -0.2) is 38.9 Å². The second-order valence-corrected chi connectivity index (χ2v) is 7.04. The molecule has 3 N–H and O–H groups in total. The molecule has 144 valence electrons. The number of nitro benzene ring substituents is 1. The Hall–Kier alpha value is -3.05. The summed E-state index contributed by atoms with van der Waals surface area (Å²) in [5.41, 5.74) is 0.207. The minimum absolute atomic E-state index is 0.0959. The van der Waals surface area contributed by atoms with Crippen molar-refractivity contribution in [1.29, 1.82) is 0 Å². The topological polar surface area (TPSA) is 130 Å². The smallest absolute Gasteiger partial charge is 0.292 e. The van der Waals surface area contributed by atoms with E-state index in [9.17, 15) is 27.7 Å². The number of sulfonamides is 1. The molecule has 9 nitrogen and oxygen atoms in total. The quantitative estimate of drug-likeness (QED) is 0.332. The summed E-state index contributed by atoms with van der Waals surface area (Å²) in [4.78, 5) is 21.5. The number of carbonyl (C=O) groups excluding carboxylic acids is 1. The van der Waals surface area contributed by atoms with Crippen LogP contribution >= 0.6 is 0 Å². The average Bonchev–Trinajstić information content (AvgIpc) is 2.64. The van der Waals surface area contributed by atoms with Gasteiger partial charge in [0.05, 0.1) is 11.5 Å². The maximum absolute atomic E-state index is 13.5. The molecule has 0 bridgehead atoms. The Balaban J connectivity index is 1.79. The summed E-state index contributed by atoms with van der Waals surface area (Å²) in [7, 11) is -4.15. The molecule has 0 heterocycles. The van der Waals surface area contributed by atoms with E-state index in [1.165, 1.54) is 30.3 Å². The van der Waals surface area contributed by atoms with Crippen LogP contribution in [-0.2, 0) is 14.8 Å². The van der Waals surface area contributed by atoms with Crippen molar-refractivity contribution in [3.63, 3.8) is 0 Å². The fourth-order valence-corrected chi connectivity index (χ4v) is 3.20. The number of para-hydroxylation sites is 2. The number of nitrogens with one attached hydrogen (secondary N) is 3. The monoisotopic (exact) mass is 396 g/mol. The highest BCUT2D eigenvalue weighted by Crippen LogP contribution is 2.22. The van der Waals surface area contributed by atoms with Gasteiger partial charge in [-0.2, -0.15) is 0 Å². The number of nitro groups is 1. The molecule has 0 saturated carbocycles. The Morgan fingerprint density at radius 3 is 2.44 bits per heavy atom. The Labute approximate surface area is 154 Å². The predicted molar refractivity (Wildman–Crippen MR) is 96.2 cm³/mol. The van der Waals surface area contributed by atoms with Crippen molar-refractivity contribution in [2.75, 3.05) is 25.0 Å². The van der Waals surface area contributed by atoms with Gasteiger partial charge in [-0.15, -0.1) is 0 Å². The van der Waals surface area contributed by atoms with E-state index in [1.54, 1.807) is 6.07 Å². The van der Waals surface area contributed by atoms with Crippen LogP contribution in [0.2, 0.25) is 0 Å². The second-order valence-electron chi connectivity index (χ2n) is 5.31. The minimum Gasteiger partial charge on any atom is -0.378 e. The molecule has 0 aliphatic rings. The highest BCUT2D eigenvalue weighted by Gasteiger charge is 2.19. The zero-order chi connectivity index (χ0) is 19.9. The van der Waals surface area contributed by atoms with Gasteiger partial charge < -0.3 is 10.6 Å². The van der Waals surface area contributed by atoms with Gasteiger partial charge in [0.25, 0.3) is 5.69 Å². The lowest BCUT2D eigenvalue weighted by Gasteiger charge is -2.10. The molecule has 0 aliphatic heterocycles. The molecule has 0 unspecified atom stereocenters. The lowest BCUT2D eigenvalue weighted by molar-refractivity contribution is -0.384. The molecule has 0 aliphatic carbocycles. The first-order valence-electron chi connectivity index (χ1n) is 7.79. The summed E-state index contributed by atoms with van der Waals surface area (Å²) in [6.45, 7) is -0.273. The van der Waals surface area contributed by atoms with Gasteiger partial charge in [0.15, 0.2) is 0 Å². The number of hydrogen-bond acceptors (Lipinski definition) is 6. The molecule has 0 saturated heterocycles. The van der Waals surface area contributed by atoms with E-state index < -0.39 is 38.1 Å². The van der Waals surface area contributed by atoms with Crippen LogP contribution in [0.3, 0.4) is 0 Å². The maximum atomic E-state index is 13.5. The third-order valence-electron chi connectivity index (χ3n) is 3.41. The van der Waals surface area contributed by atoms with Crippen LogP contribution in [0.15, 0.2) is 53.4 Å². The van der Waals surface area contributed by atoms with E-state index in [0.717, 1.165) is 12.1 Å². The Kier molecular flexibility index (Phi) is 6.79. The summed E-state index contributed by atoms with van der Waals surface area (Å²) in [5, 5.41) is 16.1. The summed E-state index contributed by atoms with van der Waals surface area (Å²) in [5.74, 6) is -1.54. The SMILES string of the molecule is O=C(CNS(=O)(=O)c1ccccc1F)NCCNc1ccccc1[N+](=O)[O-]. The predicted octanol–water partition coefficient (Wildman–Crippen LogP) is 1.24. The van der Waals surface area contributed by atoms with Gasteiger partial charge in [0.1, 0.15) is 16.4 Å². The van der Waals surface area contributed by atoms with Crippen LogP contribution in [0.4, 0.5) is 15.8 Å². The van der Waals surface area contributed by atoms with E-state index in [2.05, 4.69) is 10.6 Å². The molecule has 2 aromatic rings. The van der Waals surface area contributed by atoms with Gasteiger partial charge in [-0.1, -0.05) is 24.3 Å². The van der Waals surface area contributed by atoms with E-state index in [-0.39, 0.29) is 18.8 Å². The van der Waals surface area contributed by atoms with E-state index in [1.807, 2.05) is 4.72 Å². The highest BCUT2D eigenvalue weighted by molar-refractivity contribution is 7.89. The lowest BCUT2D eigenvalue weighted by atomic mass is 10.2. The molecular weight excluding hydrogens is 379 g/mol. The summed E-state index contributed by atoms with van der Waals surface area (Å²) in [6.07, 6.45) is 0. The first-order chi connectivity index (χ1) is 12.8. The molecule has 2 rings (SSSR count). The molecule has 27 heavy (non-hydrogen) atoms. The largest absolute Gasteiger partial charge is 0.378 e. The van der Waals surface area contributed by atoms with Gasteiger partial charge in [0, 0.05) is 19.2 Å². The molecule has 0 atom stereocenters. The number of carbonyl (C=O) groups is 1. The zero-order valence-electron chi connectivity index (χ0n) is 14.0. The number of amides is 1. The molecule has 0 spiro atoms. The van der Waals surface area contributed by atoms with Crippen molar-refractivity contribution < 1.29 is 22.5 Å². The molecule has 2 aromatic carbocycles. The van der Waals surface area contributed by atoms with Gasteiger partial charge in [-0.3, -0.25) is 14.9 Å². The fraction of sp³-hybridized carbons (Fsp3) is 0.188.